The lowest BCUT2D eigenvalue weighted by molar-refractivity contribution is -0.0553. The molecular weight excluding hydrogens is 338 g/mol. The number of hydrogen-bond donors (Lipinski definition) is 1. The molecule has 1 fully saturated rings. The molecule has 142 valence electrons. The highest BCUT2D eigenvalue weighted by Gasteiger charge is 2.29. The second-order valence-corrected chi connectivity index (χ2v) is 7.91. The Hall–Kier alpha value is -2.47. The van der Waals surface area contributed by atoms with Gasteiger partial charge in [0.05, 0.1) is 17.3 Å². The number of nitrogens with one attached hydrogen (secondary N) is 1. The zero-order valence-corrected chi connectivity index (χ0v) is 16.3. The Balaban J connectivity index is 1.46. The van der Waals surface area contributed by atoms with Gasteiger partial charge in [-0.2, -0.15) is 5.10 Å². The third-order valence-corrected chi connectivity index (χ3v) is 5.07. The molecule has 3 heterocycles. The Morgan fingerprint density at radius 2 is 2.11 bits per heavy atom. The number of aromatic nitrogens is 4. The Labute approximate surface area is 160 Å². The van der Waals surface area contributed by atoms with Crippen LogP contribution in [0.25, 0.3) is 10.9 Å². The Morgan fingerprint density at radius 1 is 1.26 bits per heavy atom. The summed E-state index contributed by atoms with van der Waals surface area (Å²) in [4.78, 5) is 9.20. The van der Waals surface area contributed by atoms with Crippen LogP contribution < -0.4 is 5.32 Å². The number of ether oxygens (including phenoxy) is 1. The predicted octanol–water partition coefficient (Wildman–Crippen LogP) is 3.75. The molecule has 1 unspecified atom stereocenters. The second kappa shape index (κ2) is 7.27. The molecule has 3 aromatic rings. The summed E-state index contributed by atoms with van der Waals surface area (Å²) >= 11 is 0. The zero-order valence-electron chi connectivity index (χ0n) is 16.3. The predicted molar refractivity (Wildman–Crippen MR) is 107 cm³/mol. The minimum Gasteiger partial charge on any atom is -0.375 e. The molecule has 1 N–H and O–H groups in total. The van der Waals surface area contributed by atoms with Crippen LogP contribution in [0.4, 0.5) is 5.82 Å². The maximum Gasteiger partial charge on any atom is 0.130 e. The molecule has 1 aliphatic heterocycles. The van der Waals surface area contributed by atoms with Gasteiger partial charge in [-0.05, 0) is 39.7 Å². The normalized spacial score (nSPS) is 19.3. The molecule has 0 aliphatic carbocycles. The molecule has 6 heteroatoms. The molecular formula is C21H27N5O. The molecule has 1 saturated heterocycles. The molecule has 0 amide bonds. The first kappa shape index (κ1) is 17.9. The van der Waals surface area contributed by atoms with Crippen molar-refractivity contribution in [2.45, 2.75) is 58.2 Å². The highest BCUT2D eigenvalue weighted by Crippen LogP contribution is 2.26. The van der Waals surface area contributed by atoms with Crippen LogP contribution in [0.1, 0.15) is 38.2 Å². The van der Waals surface area contributed by atoms with Crippen LogP contribution in [0.2, 0.25) is 0 Å². The molecule has 6 nitrogen and oxygen atoms in total. The van der Waals surface area contributed by atoms with Crippen LogP contribution in [0.5, 0.6) is 0 Å². The monoisotopic (exact) mass is 365 g/mol. The van der Waals surface area contributed by atoms with Gasteiger partial charge >= 0.3 is 0 Å². The maximum atomic E-state index is 5.81. The number of hydrogen-bond acceptors (Lipinski definition) is 5. The average molecular weight is 365 g/mol. The highest BCUT2D eigenvalue weighted by atomic mass is 16.5. The third-order valence-electron chi connectivity index (χ3n) is 5.07. The van der Waals surface area contributed by atoms with Crippen molar-refractivity contribution in [1.82, 2.24) is 19.7 Å². The lowest BCUT2D eigenvalue weighted by Crippen LogP contribution is -2.40. The van der Waals surface area contributed by atoms with Gasteiger partial charge in [0.2, 0.25) is 0 Å². The maximum absolute atomic E-state index is 5.81. The summed E-state index contributed by atoms with van der Waals surface area (Å²) < 4.78 is 7.86. The van der Waals surface area contributed by atoms with E-state index in [0.29, 0.717) is 6.04 Å². The summed E-state index contributed by atoms with van der Waals surface area (Å²) in [6.07, 6.45) is 4.72. The fourth-order valence-electron chi connectivity index (χ4n) is 3.82. The van der Waals surface area contributed by atoms with Crippen molar-refractivity contribution < 1.29 is 4.74 Å². The topological polar surface area (TPSA) is 64.9 Å². The Bertz CT molecular complexity index is 933. The van der Waals surface area contributed by atoms with Crippen LogP contribution in [0.15, 0.2) is 36.5 Å². The summed E-state index contributed by atoms with van der Waals surface area (Å²) in [5, 5.41) is 9.26. The quantitative estimate of drug-likeness (QED) is 0.746. The molecule has 1 aliphatic rings. The van der Waals surface area contributed by atoms with Crippen molar-refractivity contribution in [2.24, 2.45) is 0 Å². The highest BCUT2D eigenvalue weighted by molar-refractivity contribution is 5.78. The molecule has 1 aromatic carbocycles. The van der Waals surface area contributed by atoms with E-state index < -0.39 is 0 Å². The van der Waals surface area contributed by atoms with Crippen LogP contribution >= 0.6 is 0 Å². The second-order valence-electron chi connectivity index (χ2n) is 7.91. The standard InChI is InChI=1S/C21H27N5O/c1-15-23-17(8-10-26-19-7-5-4-6-16(19)14-22-26)12-20(24-15)25-18-9-11-27-21(2,3)13-18/h4-7,12,14,18H,8-11,13H2,1-3H3,(H,23,24,25). The average Bonchev–Trinajstić information content (AvgIpc) is 3.02. The number of fused-ring (bicyclic) bond motifs is 1. The van der Waals surface area contributed by atoms with E-state index in [2.05, 4.69) is 52.4 Å². The molecule has 0 radical (unpaired) electrons. The number of para-hydroxylation sites is 1. The molecule has 0 spiro atoms. The minimum atomic E-state index is -0.0814. The van der Waals surface area contributed by atoms with Crippen molar-refractivity contribution >= 4 is 16.7 Å². The smallest absolute Gasteiger partial charge is 0.130 e. The molecule has 2 aromatic heterocycles. The lowest BCUT2D eigenvalue weighted by Gasteiger charge is -2.36. The number of nitrogens with zero attached hydrogens (tertiary/aromatic N) is 4. The van der Waals surface area contributed by atoms with E-state index in [1.54, 1.807) is 0 Å². The van der Waals surface area contributed by atoms with Gasteiger partial charge < -0.3 is 10.1 Å². The number of rotatable bonds is 5. The van der Waals surface area contributed by atoms with Crippen LogP contribution in [-0.4, -0.2) is 38.0 Å². The largest absolute Gasteiger partial charge is 0.375 e. The van der Waals surface area contributed by atoms with Crippen molar-refractivity contribution in [3.63, 3.8) is 0 Å². The minimum absolute atomic E-state index is 0.0814. The van der Waals surface area contributed by atoms with Gasteiger partial charge in [0, 0.05) is 42.8 Å². The van der Waals surface area contributed by atoms with Gasteiger partial charge in [-0.3, -0.25) is 4.68 Å². The fraction of sp³-hybridized carbons (Fsp3) is 0.476. The van der Waals surface area contributed by atoms with Crippen molar-refractivity contribution in [1.29, 1.82) is 0 Å². The van der Waals surface area contributed by atoms with Crippen molar-refractivity contribution in [3.8, 4) is 0 Å². The number of aryl methyl sites for hydroxylation is 3. The summed E-state index contributed by atoms with van der Waals surface area (Å²) in [7, 11) is 0. The first-order chi connectivity index (χ1) is 13.0. The molecule has 27 heavy (non-hydrogen) atoms. The number of benzene rings is 1. The van der Waals surface area contributed by atoms with Crippen molar-refractivity contribution in [2.75, 3.05) is 11.9 Å². The first-order valence-electron chi connectivity index (χ1n) is 9.64. The summed E-state index contributed by atoms with van der Waals surface area (Å²) in [6.45, 7) is 7.82. The summed E-state index contributed by atoms with van der Waals surface area (Å²) in [5.41, 5.74) is 2.11. The Morgan fingerprint density at radius 3 is 2.96 bits per heavy atom. The van der Waals surface area contributed by atoms with Gasteiger partial charge in [-0.25, -0.2) is 9.97 Å². The van der Waals surface area contributed by atoms with E-state index in [1.165, 1.54) is 5.39 Å². The molecule has 0 bridgehead atoms. The van der Waals surface area contributed by atoms with Crippen molar-refractivity contribution in [3.05, 3.63) is 48.0 Å². The molecule has 4 rings (SSSR count). The number of anilines is 1. The van der Waals surface area contributed by atoms with E-state index in [0.717, 1.165) is 55.3 Å². The van der Waals surface area contributed by atoms with Gasteiger partial charge in [-0.1, -0.05) is 18.2 Å². The van der Waals surface area contributed by atoms with Gasteiger partial charge in [0.25, 0.3) is 0 Å². The van der Waals surface area contributed by atoms with Crippen LogP contribution in [-0.2, 0) is 17.7 Å². The van der Waals surface area contributed by atoms with Crippen LogP contribution in [0.3, 0.4) is 0 Å². The lowest BCUT2D eigenvalue weighted by atomic mass is 9.94. The summed E-state index contributed by atoms with van der Waals surface area (Å²) in [6, 6.07) is 10.7. The van der Waals surface area contributed by atoms with E-state index in [4.69, 9.17) is 4.74 Å². The third kappa shape index (κ3) is 4.27. The van der Waals surface area contributed by atoms with Crippen LogP contribution in [0, 0.1) is 6.92 Å². The zero-order chi connectivity index (χ0) is 18.9. The summed E-state index contributed by atoms with van der Waals surface area (Å²) in [5.74, 6) is 1.71. The van der Waals surface area contributed by atoms with E-state index in [-0.39, 0.29) is 5.60 Å². The van der Waals surface area contributed by atoms with E-state index >= 15 is 0 Å². The first-order valence-corrected chi connectivity index (χ1v) is 9.64. The van der Waals surface area contributed by atoms with E-state index in [1.807, 2.05) is 29.9 Å². The molecule has 1 atom stereocenters. The Kier molecular flexibility index (Phi) is 4.83. The molecule has 0 saturated carbocycles. The van der Waals surface area contributed by atoms with E-state index in [9.17, 15) is 0 Å². The van der Waals surface area contributed by atoms with Gasteiger partial charge in [0.1, 0.15) is 11.6 Å². The fourth-order valence-corrected chi connectivity index (χ4v) is 3.82. The van der Waals surface area contributed by atoms with Gasteiger partial charge in [0.15, 0.2) is 0 Å². The van der Waals surface area contributed by atoms with Gasteiger partial charge in [-0.15, -0.1) is 0 Å². The SMILES string of the molecule is Cc1nc(CCn2ncc3ccccc32)cc(NC2CCOC(C)(C)C2)n1.